The van der Waals surface area contributed by atoms with Gasteiger partial charge in [-0.1, -0.05) is 12.1 Å². The molecule has 0 N–H and O–H groups in total. The molecule has 3 nitrogen and oxygen atoms in total. The third kappa shape index (κ3) is 1.86. The number of unbranched alkanes of at least 4 members (excludes halogenated alkanes) is 1. The van der Waals surface area contributed by atoms with Crippen LogP contribution in [-0.2, 0) is 0 Å². The van der Waals surface area contributed by atoms with Gasteiger partial charge < -0.3 is 4.90 Å². The molecule has 0 saturated carbocycles. The van der Waals surface area contributed by atoms with Crippen LogP contribution >= 0.6 is 11.8 Å². The van der Waals surface area contributed by atoms with Gasteiger partial charge in [-0.15, -0.1) is 11.8 Å². The molecule has 0 aromatic heterocycles. The fourth-order valence-corrected chi connectivity index (χ4v) is 3.33. The molecule has 2 aromatic carbocycles. The molecule has 0 bridgehead atoms. The van der Waals surface area contributed by atoms with E-state index in [0.717, 1.165) is 22.0 Å². The molecule has 4 heteroatoms. The number of amides is 1. The van der Waals surface area contributed by atoms with Gasteiger partial charge in [0.1, 0.15) is 0 Å². The van der Waals surface area contributed by atoms with Crippen LogP contribution in [0.3, 0.4) is 0 Å². The Balaban J connectivity index is 2.11. The molecule has 0 radical (unpaired) electrons. The van der Waals surface area contributed by atoms with Gasteiger partial charge in [0.25, 0.3) is 5.91 Å². The molecule has 2 aromatic rings. The smallest absolute Gasteiger partial charge is 0.258 e. The minimum atomic E-state index is 0.0572. The fraction of sp³-hybridized carbons (Fsp3) is 0.250. The number of thioether (sulfide) groups is 1. The van der Waals surface area contributed by atoms with E-state index in [1.54, 1.807) is 16.7 Å². The van der Waals surface area contributed by atoms with Crippen LogP contribution in [-0.4, -0.2) is 18.7 Å². The molecular formula is C16H14N2OS. The predicted molar refractivity (Wildman–Crippen MR) is 82.3 cm³/mol. The fourth-order valence-electron chi connectivity index (χ4n) is 2.74. The van der Waals surface area contributed by atoms with Crippen molar-refractivity contribution in [3.05, 3.63) is 35.9 Å². The van der Waals surface area contributed by atoms with Crippen molar-refractivity contribution in [1.82, 2.24) is 0 Å². The Kier molecular flexibility index (Phi) is 3.37. The molecule has 0 spiro atoms. The highest BCUT2D eigenvalue weighted by molar-refractivity contribution is 7.98. The van der Waals surface area contributed by atoms with Gasteiger partial charge in [-0.05, 0) is 36.3 Å². The summed E-state index contributed by atoms with van der Waals surface area (Å²) in [6.45, 7) is 0.606. The highest BCUT2D eigenvalue weighted by Crippen LogP contribution is 2.41. The number of nitriles is 1. The molecule has 0 atom stereocenters. The maximum absolute atomic E-state index is 12.5. The van der Waals surface area contributed by atoms with Crippen molar-refractivity contribution in [3.8, 4) is 6.07 Å². The Morgan fingerprint density at radius 2 is 2.15 bits per heavy atom. The summed E-state index contributed by atoms with van der Waals surface area (Å²) in [5.41, 5.74) is 1.77. The van der Waals surface area contributed by atoms with E-state index in [9.17, 15) is 4.79 Å². The minimum Gasteiger partial charge on any atom is -0.308 e. The topological polar surface area (TPSA) is 44.1 Å². The van der Waals surface area contributed by atoms with E-state index >= 15 is 0 Å². The van der Waals surface area contributed by atoms with Crippen molar-refractivity contribution in [2.24, 2.45) is 0 Å². The molecule has 20 heavy (non-hydrogen) atoms. The van der Waals surface area contributed by atoms with E-state index in [1.807, 2.05) is 24.5 Å². The molecular weight excluding hydrogens is 268 g/mol. The van der Waals surface area contributed by atoms with Gasteiger partial charge in [0.2, 0.25) is 0 Å². The average Bonchev–Trinajstić information content (AvgIpc) is 2.75. The monoisotopic (exact) mass is 282 g/mol. The number of rotatable bonds is 4. The molecule has 100 valence electrons. The van der Waals surface area contributed by atoms with Gasteiger partial charge in [-0.3, -0.25) is 4.79 Å². The Labute approximate surface area is 122 Å². The first-order valence-electron chi connectivity index (χ1n) is 6.56. The zero-order chi connectivity index (χ0) is 14.1. The highest BCUT2D eigenvalue weighted by Gasteiger charge is 2.29. The number of hydrogen-bond acceptors (Lipinski definition) is 3. The average molecular weight is 282 g/mol. The van der Waals surface area contributed by atoms with Crippen molar-refractivity contribution >= 4 is 34.1 Å². The summed E-state index contributed by atoms with van der Waals surface area (Å²) >= 11 is 1.69. The lowest BCUT2D eigenvalue weighted by molar-refractivity contribution is 0.0993. The summed E-state index contributed by atoms with van der Waals surface area (Å²) in [4.78, 5) is 15.5. The Hall–Kier alpha value is -1.99. The van der Waals surface area contributed by atoms with Crippen molar-refractivity contribution < 1.29 is 4.79 Å². The van der Waals surface area contributed by atoms with Crippen molar-refractivity contribution in [2.45, 2.75) is 17.7 Å². The quantitative estimate of drug-likeness (QED) is 0.632. The normalized spacial score (nSPS) is 13.0. The van der Waals surface area contributed by atoms with E-state index in [0.29, 0.717) is 19.4 Å². The third-order valence-electron chi connectivity index (χ3n) is 3.64. The van der Waals surface area contributed by atoms with Gasteiger partial charge >= 0.3 is 0 Å². The van der Waals surface area contributed by atoms with E-state index in [-0.39, 0.29) is 5.91 Å². The summed E-state index contributed by atoms with van der Waals surface area (Å²) in [6.07, 6.45) is 3.24. The van der Waals surface area contributed by atoms with E-state index in [2.05, 4.69) is 18.2 Å². The number of carbonyl (C=O) groups is 1. The van der Waals surface area contributed by atoms with Crippen LogP contribution in [0.5, 0.6) is 0 Å². The van der Waals surface area contributed by atoms with E-state index in [1.165, 1.54) is 4.90 Å². The lowest BCUT2D eigenvalue weighted by Crippen LogP contribution is -2.27. The first kappa shape index (κ1) is 13.0. The molecule has 1 aliphatic rings. The van der Waals surface area contributed by atoms with Crippen molar-refractivity contribution in [1.29, 1.82) is 5.26 Å². The largest absolute Gasteiger partial charge is 0.308 e. The van der Waals surface area contributed by atoms with Crippen LogP contribution in [0.25, 0.3) is 10.8 Å². The first-order chi connectivity index (χ1) is 9.77. The van der Waals surface area contributed by atoms with Crippen LogP contribution < -0.4 is 4.90 Å². The SMILES string of the molecule is CSc1ccc2c3c(cccc13)C(=O)N2CCCC#N. The maximum Gasteiger partial charge on any atom is 0.258 e. The molecule has 0 fully saturated rings. The summed E-state index contributed by atoms with van der Waals surface area (Å²) in [5, 5.41) is 10.8. The minimum absolute atomic E-state index is 0.0572. The Morgan fingerprint density at radius 3 is 2.90 bits per heavy atom. The summed E-state index contributed by atoms with van der Waals surface area (Å²) in [7, 11) is 0. The van der Waals surface area contributed by atoms with Crippen molar-refractivity contribution in [3.63, 3.8) is 0 Å². The van der Waals surface area contributed by atoms with Gasteiger partial charge in [0, 0.05) is 28.8 Å². The molecule has 3 rings (SSSR count). The van der Waals surface area contributed by atoms with Gasteiger partial charge in [0.15, 0.2) is 0 Å². The second-order valence-corrected chi connectivity index (χ2v) is 5.58. The van der Waals surface area contributed by atoms with Gasteiger partial charge in [-0.2, -0.15) is 5.26 Å². The van der Waals surface area contributed by atoms with Crippen LogP contribution in [0.15, 0.2) is 35.2 Å². The van der Waals surface area contributed by atoms with Crippen LogP contribution in [0, 0.1) is 11.3 Å². The molecule has 1 heterocycles. The van der Waals surface area contributed by atoms with Crippen LogP contribution in [0.4, 0.5) is 5.69 Å². The number of benzene rings is 2. The second-order valence-electron chi connectivity index (χ2n) is 4.73. The van der Waals surface area contributed by atoms with Crippen molar-refractivity contribution in [2.75, 3.05) is 17.7 Å². The van der Waals surface area contributed by atoms with Crippen LogP contribution in [0.2, 0.25) is 0 Å². The highest BCUT2D eigenvalue weighted by atomic mass is 32.2. The zero-order valence-electron chi connectivity index (χ0n) is 11.2. The third-order valence-corrected chi connectivity index (χ3v) is 4.43. The van der Waals surface area contributed by atoms with E-state index in [4.69, 9.17) is 5.26 Å². The molecule has 0 unspecified atom stereocenters. The summed E-state index contributed by atoms with van der Waals surface area (Å²) in [6, 6.07) is 12.1. The lowest BCUT2D eigenvalue weighted by Gasteiger charge is -2.17. The first-order valence-corrected chi connectivity index (χ1v) is 7.79. The second kappa shape index (κ2) is 5.18. The van der Waals surface area contributed by atoms with Gasteiger partial charge in [0.05, 0.1) is 11.8 Å². The van der Waals surface area contributed by atoms with Gasteiger partial charge in [-0.25, -0.2) is 0 Å². The number of anilines is 1. The Morgan fingerprint density at radius 1 is 1.30 bits per heavy atom. The van der Waals surface area contributed by atoms with E-state index < -0.39 is 0 Å². The summed E-state index contributed by atoms with van der Waals surface area (Å²) < 4.78 is 0. The predicted octanol–water partition coefficient (Wildman–Crippen LogP) is 3.83. The molecule has 1 aliphatic heterocycles. The number of nitrogens with zero attached hydrogens (tertiary/aromatic N) is 2. The lowest BCUT2D eigenvalue weighted by atomic mass is 10.1. The van der Waals surface area contributed by atoms with Crippen LogP contribution in [0.1, 0.15) is 23.2 Å². The number of hydrogen-bond donors (Lipinski definition) is 0. The molecule has 1 amide bonds. The zero-order valence-corrected chi connectivity index (χ0v) is 12.0. The number of carbonyl (C=O) groups excluding carboxylic acids is 1. The molecule has 0 saturated heterocycles. The summed E-state index contributed by atoms with van der Waals surface area (Å²) in [5.74, 6) is 0.0572. The molecule has 0 aliphatic carbocycles. The standard InChI is InChI=1S/C16H14N2OS/c1-20-14-8-7-13-15-11(14)5-4-6-12(15)16(19)18(13)10-3-2-9-17/h4-8H,2-3,10H2,1H3. The Bertz CT molecular complexity index is 733. The maximum atomic E-state index is 12.5.